The summed E-state index contributed by atoms with van der Waals surface area (Å²) in [5.41, 5.74) is 5.04. The highest BCUT2D eigenvalue weighted by Crippen LogP contribution is 2.24. The Morgan fingerprint density at radius 3 is 2.54 bits per heavy atom. The van der Waals surface area contributed by atoms with Crippen LogP contribution in [-0.4, -0.2) is 13.1 Å². The average Bonchev–Trinajstić information content (AvgIpc) is 2.68. The van der Waals surface area contributed by atoms with Gasteiger partial charge in [-0.05, 0) is 73.1 Å². The Labute approximate surface area is 155 Å². The van der Waals surface area contributed by atoms with Crippen molar-refractivity contribution >= 4 is 12.1 Å². The molecule has 136 valence electrons. The van der Waals surface area contributed by atoms with Gasteiger partial charge in [0.25, 0.3) is 0 Å². The zero-order valence-electron chi connectivity index (χ0n) is 15.4. The van der Waals surface area contributed by atoms with Gasteiger partial charge in [0.1, 0.15) is 5.75 Å². The lowest BCUT2D eigenvalue weighted by atomic mass is 9.89. The fourth-order valence-corrected chi connectivity index (χ4v) is 3.27. The molecule has 0 bridgehead atoms. The van der Waals surface area contributed by atoms with Gasteiger partial charge in [-0.3, -0.25) is 0 Å². The standard InChI is InChI=1S/C22H26N2O2/c1-16(19-10-9-18-5-3-4-6-20(18)15-19)24-22(25)23-14-13-17-7-11-21(26-2)12-8-17/h7-16H,3-6H2,1-2H3,(H2,23,24,25)/b14-13+. The zero-order chi connectivity index (χ0) is 18.4. The maximum atomic E-state index is 12.1. The first kappa shape index (κ1) is 18.1. The SMILES string of the molecule is COc1ccc(/C=C/NC(=O)NC(C)c2ccc3c(c2)CCCC3)cc1. The van der Waals surface area contributed by atoms with Crippen molar-refractivity contribution < 1.29 is 9.53 Å². The van der Waals surface area contributed by atoms with Gasteiger partial charge >= 0.3 is 6.03 Å². The molecule has 0 spiro atoms. The van der Waals surface area contributed by atoms with Crippen molar-refractivity contribution in [2.75, 3.05) is 7.11 Å². The topological polar surface area (TPSA) is 50.4 Å². The molecule has 0 fully saturated rings. The number of amides is 2. The predicted octanol–water partition coefficient (Wildman–Crippen LogP) is 4.61. The Balaban J connectivity index is 1.53. The summed E-state index contributed by atoms with van der Waals surface area (Å²) in [6.07, 6.45) is 8.36. The van der Waals surface area contributed by atoms with Crippen molar-refractivity contribution in [2.45, 2.75) is 38.6 Å². The Hall–Kier alpha value is -2.75. The highest BCUT2D eigenvalue weighted by atomic mass is 16.5. The number of fused-ring (bicyclic) bond motifs is 1. The van der Waals surface area contributed by atoms with Crippen LogP contribution in [0, 0.1) is 0 Å². The minimum Gasteiger partial charge on any atom is -0.497 e. The summed E-state index contributed by atoms with van der Waals surface area (Å²) in [5.74, 6) is 0.812. The van der Waals surface area contributed by atoms with Crippen molar-refractivity contribution in [1.82, 2.24) is 10.6 Å². The number of benzene rings is 2. The molecule has 0 heterocycles. The summed E-state index contributed by atoms with van der Waals surface area (Å²) < 4.78 is 5.13. The number of nitrogens with one attached hydrogen (secondary N) is 2. The minimum absolute atomic E-state index is 0.0309. The predicted molar refractivity (Wildman–Crippen MR) is 105 cm³/mol. The van der Waals surface area contributed by atoms with Crippen LogP contribution < -0.4 is 15.4 Å². The van der Waals surface area contributed by atoms with Gasteiger partial charge in [0.2, 0.25) is 0 Å². The van der Waals surface area contributed by atoms with E-state index in [1.165, 1.54) is 30.4 Å². The monoisotopic (exact) mass is 350 g/mol. The van der Waals surface area contributed by atoms with E-state index in [-0.39, 0.29) is 12.1 Å². The highest BCUT2D eigenvalue weighted by molar-refractivity contribution is 5.76. The van der Waals surface area contributed by atoms with Gasteiger partial charge in [0, 0.05) is 6.20 Å². The van der Waals surface area contributed by atoms with Crippen LogP contribution in [0.2, 0.25) is 0 Å². The number of ether oxygens (including phenoxy) is 1. The van der Waals surface area contributed by atoms with E-state index in [2.05, 4.69) is 28.8 Å². The van der Waals surface area contributed by atoms with Crippen LogP contribution in [0.15, 0.2) is 48.7 Å². The number of carbonyl (C=O) groups is 1. The molecule has 0 radical (unpaired) electrons. The molecule has 0 aromatic heterocycles. The second-order valence-corrected chi connectivity index (χ2v) is 6.68. The third-order valence-corrected chi connectivity index (χ3v) is 4.83. The first-order valence-corrected chi connectivity index (χ1v) is 9.15. The van der Waals surface area contributed by atoms with E-state index in [1.54, 1.807) is 13.3 Å². The largest absolute Gasteiger partial charge is 0.497 e. The Morgan fingerprint density at radius 2 is 1.81 bits per heavy atom. The number of urea groups is 1. The molecule has 0 aliphatic heterocycles. The van der Waals surface area contributed by atoms with Crippen LogP contribution >= 0.6 is 0 Å². The van der Waals surface area contributed by atoms with Crippen LogP contribution in [0.25, 0.3) is 6.08 Å². The molecule has 1 aliphatic rings. The number of hydrogen-bond donors (Lipinski definition) is 2. The summed E-state index contributed by atoms with van der Waals surface area (Å²) in [4.78, 5) is 12.1. The summed E-state index contributed by atoms with van der Waals surface area (Å²) >= 11 is 0. The summed E-state index contributed by atoms with van der Waals surface area (Å²) in [5, 5.41) is 5.75. The molecule has 1 atom stereocenters. The molecule has 0 saturated heterocycles. The smallest absolute Gasteiger partial charge is 0.319 e. The van der Waals surface area contributed by atoms with Crippen molar-refractivity contribution in [2.24, 2.45) is 0 Å². The van der Waals surface area contributed by atoms with Gasteiger partial charge in [-0.25, -0.2) is 4.79 Å². The van der Waals surface area contributed by atoms with E-state index in [9.17, 15) is 4.79 Å². The third kappa shape index (κ3) is 4.66. The van der Waals surface area contributed by atoms with E-state index >= 15 is 0 Å². The number of rotatable bonds is 5. The Kier molecular flexibility index (Phi) is 5.95. The number of hydrogen-bond acceptors (Lipinski definition) is 2. The quantitative estimate of drug-likeness (QED) is 0.828. The van der Waals surface area contributed by atoms with E-state index in [1.807, 2.05) is 37.3 Å². The van der Waals surface area contributed by atoms with Gasteiger partial charge < -0.3 is 15.4 Å². The summed E-state index contributed by atoms with van der Waals surface area (Å²) in [7, 11) is 1.64. The molecule has 2 aromatic rings. The lowest BCUT2D eigenvalue weighted by molar-refractivity contribution is 0.241. The maximum absolute atomic E-state index is 12.1. The van der Waals surface area contributed by atoms with E-state index in [4.69, 9.17) is 4.74 Å². The molecular weight excluding hydrogens is 324 g/mol. The van der Waals surface area contributed by atoms with Crippen molar-refractivity contribution in [3.05, 3.63) is 70.9 Å². The van der Waals surface area contributed by atoms with Gasteiger partial charge in [0.15, 0.2) is 0 Å². The number of aryl methyl sites for hydroxylation is 2. The first-order chi connectivity index (χ1) is 12.7. The summed E-state index contributed by atoms with van der Waals surface area (Å²) in [6.45, 7) is 2.01. The zero-order valence-corrected chi connectivity index (χ0v) is 15.4. The van der Waals surface area contributed by atoms with Crippen molar-refractivity contribution in [1.29, 1.82) is 0 Å². The van der Waals surface area contributed by atoms with Crippen LogP contribution in [-0.2, 0) is 12.8 Å². The fraction of sp³-hybridized carbons (Fsp3) is 0.318. The summed E-state index contributed by atoms with van der Waals surface area (Å²) in [6, 6.07) is 14.0. The van der Waals surface area contributed by atoms with E-state index in [0.717, 1.165) is 23.3 Å². The third-order valence-electron chi connectivity index (χ3n) is 4.83. The van der Waals surface area contributed by atoms with Gasteiger partial charge in [-0.2, -0.15) is 0 Å². The molecule has 26 heavy (non-hydrogen) atoms. The van der Waals surface area contributed by atoms with Crippen molar-refractivity contribution in [3.63, 3.8) is 0 Å². The molecule has 2 aromatic carbocycles. The molecule has 2 amide bonds. The normalized spacial score (nSPS) is 14.5. The number of carbonyl (C=O) groups excluding carboxylic acids is 1. The highest BCUT2D eigenvalue weighted by Gasteiger charge is 2.13. The second kappa shape index (κ2) is 8.56. The Bertz CT molecular complexity index is 781. The van der Waals surface area contributed by atoms with Gasteiger partial charge in [-0.15, -0.1) is 0 Å². The average molecular weight is 350 g/mol. The van der Waals surface area contributed by atoms with Crippen LogP contribution in [0.5, 0.6) is 5.75 Å². The molecule has 2 N–H and O–H groups in total. The van der Waals surface area contributed by atoms with Crippen LogP contribution in [0.1, 0.15) is 48.1 Å². The Morgan fingerprint density at radius 1 is 1.08 bits per heavy atom. The van der Waals surface area contributed by atoms with Crippen LogP contribution in [0.4, 0.5) is 4.79 Å². The van der Waals surface area contributed by atoms with Crippen molar-refractivity contribution in [3.8, 4) is 5.75 Å². The maximum Gasteiger partial charge on any atom is 0.319 e. The molecule has 3 rings (SSSR count). The molecule has 0 saturated carbocycles. The van der Waals surface area contributed by atoms with Gasteiger partial charge in [-0.1, -0.05) is 30.3 Å². The fourth-order valence-electron chi connectivity index (χ4n) is 3.27. The second-order valence-electron chi connectivity index (χ2n) is 6.68. The first-order valence-electron chi connectivity index (χ1n) is 9.15. The molecule has 1 aliphatic carbocycles. The van der Waals surface area contributed by atoms with E-state index in [0.29, 0.717) is 0 Å². The lowest BCUT2D eigenvalue weighted by Crippen LogP contribution is -2.34. The number of methoxy groups -OCH3 is 1. The molecule has 4 heteroatoms. The molecule has 1 unspecified atom stereocenters. The minimum atomic E-state index is -0.208. The molecular formula is C22H26N2O2. The van der Waals surface area contributed by atoms with Crippen LogP contribution in [0.3, 0.4) is 0 Å². The molecule has 4 nitrogen and oxygen atoms in total. The van der Waals surface area contributed by atoms with Gasteiger partial charge in [0.05, 0.1) is 13.2 Å². The van der Waals surface area contributed by atoms with E-state index < -0.39 is 0 Å². The lowest BCUT2D eigenvalue weighted by Gasteiger charge is -2.20.